The molecule has 0 bridgehead atoms. The fourth-order valence-corrected chi connectivity index (χ4v) is 4.68. The Labute approximate surface area is 195 Å². The van der Waals surface area contributed by atoms with Gasteiger partial charge in [0.05, 0.1) is 6.54 Å². The van der Waals surface area contributed by atoms with Gasteiger partial charge in [-0.1, -0.05) is 56.9 Å². The van der Waals surface area contributed by atoms with Gasteiger partial charge in [-0.3, -0.25) is 4.79 Å². The van der Waals surface area contributed by atoms with Crippen LogP contribution in [0.3, 0.4) is 0 Å². The fourth-order valence-electron chi connectivity index (χ4n) is 4.68. The number of nitrogens with zero attached hydrogens (tertiary/aromatic N) is 2. The zero-order valence-electron chi connectivity index (χ0n) is 19.7. The van der Waals surface area contributed by atoms with Crippen LogP contribution in [-0.4, -0.2) is 10.5 Å². The van der Waals surface area contributed by atoms with Gasteiger partial charge in [0.1, 0.15) is 5.82 Å². The number of amides is 1. The average Bonchev–Trinajstić information content (AvgIpc) is 3.16. The van der Waals surface area contributed by atoms with Crippen LogP contribution in [0.15, 0.2) is 66.7 Å². The van der Waals surface area contributed by atoms with Crippen molar-refractivity contribution in [1.29, 1.82) is 0 Å². The van der Waals surface area contributed by atoms with E-state index in [1.165, 1.54) is 53.2 Å². The van der Waals surface area contributed by atoms with Gasteiger partial charge in [0, 0.05) is 40.5 Å². The first kappa shape index (κ1) is 23.0. The zero-order chi connectivity index (χ0) is 23.2. The Kier molecular flexibility index (Phi) is 7.43. The molecule has 0 saturated heterocycles. The number of hydrogen-bond acceptors (Lipinski definition) is 1. The van der Waals surface area contributed by atoms with E-state index < -0.39 is 0 Å². The average molecular weight is 445 g/mol. The van der Waals surface area contributed by atoms with E-state index in [2.05, 4.69) is 60.9 Å². The Balaban J connectivity index is 1.63. The molecule has 0 aliphatic carbocycles. The molecule has 0 radical (unpaired) electrons. The normalized spacial score (nSPS) is 11.4. The molecule has 0 fully saturated rings. The minimum atomic E-state index is -0.292. The SMILES string of the molecule is CCCCCCCC(=O)N(Cc1ccc2c(c1)c1ccccc1n2CC)c1ccc(F)cc1. The molecule has 0 aliphatic heterocycles. The number of anilines is 1. The number of fused-ring (bicyclic) bond motifs is 3. The summed E-state index contributed by atoms with van der Waals surface area (Å²) in [5.74, 6) is -0.200. The van der Waals surface area contributed by atoms with Crippen molar-refractivity contribution in [3.8, 4) is 0 Å². The molecule has 0 spiro atoms. The van der Waals surface area contributed by atoms with Crippen LogP contribution in [0, 0.1) is 5.82 Å². The van der Waals surface area contributed by atoms with E-state index in [-0.39, 0.29) is 11.7 Å². The lowest BCUT2D eigenvalue weighted by atomic mass is 10.1. The summed E-state index contributed by atoms with van der Waals surface area (Å²) in [6.45, 7) is 5.73. The van der Waals surface area contributed by atoms with Crippen molar-refractivity contribution in [3.05, 3.63) is 78.1 Å². The van der Waals surface area contributed by atoms with Crippen LogP contribution in [-0.2, 0) is 17.9 Å². The first-order valence-corrected chi connectivity index (χ1v) is 12.2. The number of aromatic nitrogens is 1. The van der Waals surface area contributed by atoms with Crippen LogP contribution < -0.4 is 4.90 Å². The maximum atomic E-state index is 13.6. The molecule has 1 amide bonds. The predicted octanol–water partition coefficient (Wildman–Crippen LogP) is 7.85. The Bertz CT molecular complexity index is 1230. The number of unbranched alkanes of at least 4 members (excludes halogenated alkanes) is 4. The number of rotatable bonds is 10. The lowest BCUT2D eigenvalue weighted by molar-refractivity contribution is -0.118. The third kappa shape index (κ3) is 5.11. The molecule has 33 heavy (non-hydrogen) atoms. The van der Waals surface area contributed by atoms with Crippen molar-refractivity contribution in [1.82, 2.24) is 4.57 Å². The fraction of sp³-hybridized carbons (Fsp3) is 0.345. The molecule has 0 unspecified atom stereocenters. The molecule has 3 nitrogen and oxygen atoms in total. The van der Waals surface area contributed by atoms with E-state index in [9.17, 15) is 9.18 Å². The smallest absolute Gasteiger partial charge is 0.227 e. The summed E-state index contributed by atoms with van der Waals surface area (Å²) in [7, 11) is 0. The lowest BCUT2D eigenvalue weighted by Crippen LogP contribution is -2.30. The van der Waals surface area contributed by atoms with E-state index in [0.29, 0.717) is 13.0 Å². The highest BCUT2D eigenvalue weighted by atomic mass is 19.1. The Morgan fingerprint density at radius 1 is 0.848 bits per heavy atom. The van der Waals surface area contributed by atoms with Gasteiger partial charge in [-0.25, -0.2) is 4.39 Å². The van der Waals surface area contributed by atoms with E-state index in [4.69, 9.17) is 0 Å². The van der Waals surface area contributed by atoms with Gasteiger partial charge < -0.3 is 9.47 Å². The Hall–Kier alpha value is -3.14. The summed E-state index contributed by atoms with van der Waals surface area (Å²) in [5, 5.41) is 2.43. The van der Waals surface area contributed by atoms with E-state index in [0.717, 1.165) is 30.6 Å². The second kappa shape index (κ2) is 10.7. The maximum absolute atomic E-state index is 13.6. The molecule has 172 valence electrons. The second-order valence-electron chi connectivity index (χ2n) is 8.73. The maximum Gasteiger partial charge on any atom is 0.227 e. The topological polar surface area (TPSA) is 25.2 Å². The van der Waals surface area contributed by atoms with Crippen LogP contribution >= 0.6 is 0 Å². The Morgan fingerprint density at radius 3 is 2.33 bits per heavy atom. The highest BCUT2D eigenvalue weighted by molar-refractivity contribution is 6.08. The van der Waals surface area contributed by atoms with Crippen molar-refractivity contribution in [2.45, 2.75) is 65.5 Å². The van der Waals surface area contributed by atoms with Gasteiger partial charge in [0.2, 0.25) is 5.91 Å². The molecule has 4 rings (SSSR count). The minimum Gasteiger partial charge on any atom is -0.341 e. The quantitative estimate of drug-likeness (QED) is 0.229. The number of benzene rings is 3. The number of carbonyl (C=O) groups excluding carboxylic acids is 1. The van der Waals surface area contributed by atoms with Crippen LogP contribution in [0.4, 0.5) is 10.1 Å². The number of aryl methyl sites for hydroxylation is 1. The lowest BCUT2D eigenvalue weighted by Gasteiger charge is -2.23. The monoisotopic (exact) mass is 444 g/mol. The minimum absolute atomic E-state index is 0.0918. The Morgan fingerprint density at radius 2 is 1.58 bits per heavy atom. The summed E-state index contributed by atoms with van der Waals surface area (Å²) >= 11 is 0. The summed E-state index contributed by atoms with van der Waals surface area (Å²) < 4.78 is 15.9. The summed E-state index contributed by atoms with van der Waals surface area (Å²) in [5.41, 5.74) is 4.25. The van der Waals surface area contributed by atoms with Crippen LogP contribution in [0.1, 0.15) is 57.9 Å². The second-order valence-corrected chi connectivity index (χ2v) is 8.73. The third-order valence-corrected chi connectivity index (χ3v) is 6.43. The molecule has 0 N–H and O–H groups in total. The van der Waals surface area contributed by atoms with Crippen LogP contribution in [0.25, 0.3) is 21.8 Å². The van der Waals surface area contributed by atoms with Gasteiger partial charge in [-0.15, -0.1) is 0 Å². The van der Waals surface area contributed by atoms with Crippen molar-refractivity contribution in [3.63, 3.8) is 0 Å². The van der Waals surface area contributed by atoms with Gasteiger partial charge in [0.25, 0.3) is 0 Å². The van der Waals surface area contributed by atoms with E-state index in [1.54, 1.807) is 17.0 Å². The molecule has 4 heteroatoms. The molecule has 1 heterocycles. The molecule has 4 aromatic rings. The predicted molar refractivity (Wildman–Crippen MR) is 136 cm³/mol. The standard InChI is InChI=1S/C29H33FN2O/c1-3-5-6-7-8-13-29(33)32(24-17-15-23(30)16-18-24)21-22-14-19-28-26(20-22)25-11-9-10-12-27(25)31(28)4-2/h9-12,14-20H,3-8,13,21H2,1-2H3. The summed E-state index contributed by atoms with van der Waals surface area (Å²) in [6.07, 6.45) is 6.03. The molecule has 3 aromatic carbocycles. The van der Waals surface area contributed by atoms with E-state index in [1.807, 2.05) is 0 Å². The van der Waals surface area contributed by atoms with Crippen molar-refractivity contribution < 1.29 is 9.18 Å². The molecular formula is C29H33FN2O. The third-order valence-electron chi connectivity index (χ3n) is 6.43. The van der Waals surface area contributed by atoms with Crippen LogP contribution in [0.2, 0.25) is 0 Å². The number of halogens is 1. The summed E-state index contributed by atoms with van der Waals surface area (Å²) in [4.78, 5) is 15.0. The molecule has 0 atom stereocenters. The number of hydrogen-bond donors (Lipinski definition) is 0. The molecule has 0 saturated carbocycles. The van der Waals surface area contributed by atoms with Gasteiger partial charge >= 0.3 is 0 Å². The number of para-hydroxylation sites is 1. The van der Waals surface area contributed by atoms with Gasteiger partial charge in [-0.05, 0) is 61.4 Å². The first-order chi connectivity index (χ1) is 16.1. The van der Waals surface area contributed by atoms with E-state index >= 15 is 0 Å². The molecular weight excluding hydrogens is 411 g/mol. The largest absolute Gasteiger partial charge is 0.341 e. The van der Waals surface area contributed by atoms with Crippen molar-refractivity contribution in [2.75, 3.05) is 4.90 Å². The van der Waals surface area contributed by atoms with Crippen molar-refractivity contribution >= 4 is 33.4 Å². The zero-order valence-corrected chi connectivity index (χ0v) is 19.7. The highest BCUT2D eigenvalue weighted by Gasteiger charge is 2.17. The van der Waals surface area contributed by atoms with Gasteiger partial charge in [0.15, 0.2) is 0 Å². The number of carbonyl (C=O) groups is 1. The summed E-state index contributed by atoms with van der Waals surface area (Å²) in [6, 6.07) is 21.2. The van der Waals surface area contributed by atoms with Crippen LogP contribution in [0.5, 0.6) is 0 Å². The molecule has 1 aromatic heterocycles. The van der Waals surface area contributed by atoms with Gasteiger partial charge in [-0.2, -0.15) is 0 Å². The highest BCUT2D eigenvalue weighted by Crippen LogP contribution is 2.30. The molecule has 0 aliphatic rings. The first-order valence-electron chi connectivity index (χ1n) is 12.2. The van der Waals surface area contributed by atoms with Crippen molar-refractivity contribution in [2.24, 2.45) is 0 Å².